The first-order chi connectivity index (χ1) is 7.81. The van der Waals surface area contributed by atoms with Crippen molar-refractivity contribution in [3.05, 3.63) is 0 Å². The Hall–Kier alpha value is -0.130. The summed E-state index contributed by atoms with van der Waals surface area (Å²) in [6, 6.07) is 0.0560. The molecule has 0 amide bonds. The van der Waals surface area contributed by atoms with E-state index in [1.165, 1.54) is 0 Å². The summed E-state index contributed by atoms with van der Waals surface area (Å²) in [7, 11) is -3.08. The molecule has 5 heteroatoms. The molecule has 0 aromatic rings. The predicted octanol–water partition coefficient (Wildman–Crippen LogP) is 1.47. The van der Waals surface area contributed by atoms with Gasteiger partial charge in [-0.2, -0.15) is 4.31 Å². The quantitative estimate of drug-likeness (QED) is 0.663. The van der Waals surface area contributed by atoms with Crippen molar-refractivity contribution in [3.8, 4) is 0 Å². The van der Waals surface area contributed by atoms with Crippen molar-refractivity contribution in [2.45, 2.75) is 39.7 Å². The summed E-state index contributed by atoms with van der Waals surface area (Å²) in [5.74, 6) is 0.726. The molecule has 2 saturated heterocycles. The van der Waals surface area contributed by atoms with Crippen molar-refractivity contribution >= 4 is 10.0 Å². The van der Waals surface area contributed by atoms with Gasteiger partial charge >= 0.3 is 0 Å². The summed E-state index contributed by atoms with van der Waals surface area (Å²) in [4.78, 5) is 0. The number of ether oxygens (including phenoxy) is 1. The summed E-state index contributed by atoms with van der Waals surface area (Å²) in [6.45, 7) is 8.28. The Kier molecular flexibility index (Phi) is 3.54. The number of sulfonamides is 1. The molecule has 0 N–H and O–H groups in total. The molecule has 0 spiro atoms. The molecule has 0 saturated carbocycles. The Labute approximate surface area is 104 Å². The molecule has 2 atom stereocenters. The Morgan fingerprint density at radius 3 is 2.65 bits per heavy atom. The Morgan fingerprint density at radius 2 is 2.00 bits per heavy atom. The third kappa shape index (κ3) is 2.83. The van der Waals surface area contributed by atoms with Crippen molar-refractivity contribution in [2.24, 2.45) is 11.3 Å². The molecule has 2 aliphatic heterocycles. The molecule has 2 unspecified atom stereocenters. The number of piperidine rings is 1. The first-order valence-corrected chi connectivity index (χ1v) is 7.99. The molecule has 2 heterocycles. The van der Waals surface area contributed by atoms with Gasteiger partial charge in [0.15, 0.2) is 0 Å². The highest BCUT2D eigenvalue weighted by Crippen LogP contribution is 2.38. The highest BCUT2D eigenvalue weighted by molar-refractivity contribution is 7.89. The van der Waals surface area contributed by atoms with Crippen LogP contribution < -0.4 is 0 Å². The lowest BCUT2D eigenvalue weighted by Gasteiger charge is -2.42. The van der Waals surface area contributed by atoms with Gasteiger partial charge in [0, 0.05) is 12.6 Å². The molecule has 4 nitrogen and oxygen atoms in total. The highest BCUT2D eigenvalue weighted by Gasteiger charge is 2.40. The molecule has 0 aromatic heterocycles. The lowest BCUT2D eigenvalue weighted by Crippen LogP contribution is -2.49. The summed E-state index contributed by atoms with van der Waals surface area (Å²) >= 11 is 0. The second kappa shape index (κ2) is 4.52. The Morgan fingerprint density at radius 1 is 1.29 bits per heavy atom. The zero-order valence-electron chi connectivity index (χ0n) is 11.0. The highest BCUT2D eigenvalue weighted by atomic mass is 32.2. The zero-order valence-corrected chi connectivity index (χ0v) is 11.8. The zero-order chi connectivity index (χ0) is 12.7. The van der Waals surface area contributed by atoms with Crippen molar-refractivity contribution in [2.75, 3.05) is 25.5 Å². The van der Waals surface area contributed by atoms with Gasteiger partial charge in [0.25, 0.3) is 0 Å². The minimum absolute atomic E-state index is 0.0560. The van der Waals surface area contributed by atoms with E-state index >= 15 is 0 Å². The van der Waals surface area contributed by atoms with E-state index in [2.05, 4.69) is 20.8 Å². The van der Waals surface area contributed by atoms with Gasteiger partial charge in [-0.15, -0.1) is 0 Å². The fourth-order valence-corrected chi connectivity index (χ4v) is 4.38. The minimum atomic E-state index is -3.08. The average molecular weight is 261 g/mol. The van der Waals surface area contributed by atoms with Crippen LogP contribution in [0.4, 0.5) is 0 Å². The number of fused-ring (bicyclic) bond motifs is 1. The Balaban J connectivity index is 2.16. The van der Waals surface area contributed by atoms with Gasteiger partial charge < -0.3 is 4.74 Å². The SMILES string of the molecule is CC(C)(C)C1CCN2C(COCCS2(=O)=O)C1. The third-order valence-corrected chi connectivity index (χ3v) is 5.92. The van der Waals surface area contributed by atoms with Crippen molar-refractivity contribution in [1.82, 2.24) is 4.31 Å². The maximum absolute atomic E-state index is 12.0. The first kappa shape index (κ1) is 13.3. The van der Waals surface area contributed by atoms with Crippen molar-refractivity contribution in [1.29, 1.82) is 0 Å². The van der Waals surface area contributed by atoms with Gasteiger partial charge in [-0.25, -0.2) is 8.42 Å². The molecule has 17 heavy (non-hydrogen) atoms. The summed E-state index contributed by atoms with van der Waals surface area (Å²) in [5.41, 5.74) is 0.252. The van der Waals surface area contributed by atoms with Gasteiger partial charge in [-0.05, 0) is 24.2 Å². The summed E-state index contributed by atoms with van der Waals surface area (Å²) in [5, 5.41) is 0. The van der Waals surface area contributed by atoms with Gasteiger partial charge in [-0.1, -0.05) is 20.8 Å². The topological polar surface area (TPSA) is 46.6 Å². The number of nitrogens with zero attached hydrogens (tertiary/aromatic N) is 1. The fourth-order valence-electron chi connectivity index (χ4n) is 2.83. The molecule has 0 bridgehead atoms. The molecule has 100 valence electrons. The third-order valence-electron chi connectivity index (χ3n) is 4.04. The standard InChI is InChI=1S/C12H23NO3S/c1-12(2,3)10-4-5-13-11(8-10)9-16-6-7-17(13,14)15/h10-11H,4-9H2,1-3H3. The van der Waals surface area contributed by atoms with E-state index in [0.717, 1.165) is 12.8 Å². The van der Waals surface area contributed by atoms with E-state index in [4.69, 9.17) is 4.74 Å². The summed E-state index contributed by atoms with van der Waals surface area (Å²) in [6.07, 6.45) is 1.90. The molecule has 2 fully saturated rings. The first-order valence-electron chi connectivity index (χ1n) is 6.38. The largest absolute Gasteiger partial charge is 0.379 e. The molecular weight excluding hydrogens is 238 g/mol. The molecule has 0 radical (unpaired) electrons. The molecule has 2 aliphatic rings. The van der Waals surface area contributed by atoms with Crippen molar-refractivity contribution in [3.63, 3.8) is 0 Å². The van der Waals surface area contributed by atoms with Crippen LogP contribution in [0.1, 0.15) is 33.6 Å². The average Bonchev–Trinajstić information content (AvgIpc) is 2.36. The van der Waals surface area contributed by atoms with Crippen LogP contribution in [0.15, 0.2) is 0 Å². The van der Waals surface area contributed by atoms with Gasteiger partial charge in [0.2, 0.25) is 10.0 Å². The number of rotatable bonds is 0. The number of hydrogen-bond acceptors (Lipinski definition) is 3. The molecule has 2 rings (SSSR count). The van der Waals surface area contributed by atoms with Gasteiger partial charge in [-0.3, -0.25) is 0 Å². The van der Waals surface area contributed by atoms with Crippen LogP contribution in [0.2, 0.25) is 0 Å². The van der Waals surface area contributed by atoms with Crippen LogP contribution in [0.3, 0.4) is 0 Å². The maximum Gasteiger partial charge on any atom is 0.216 e. The normalized spacial score (nSPS) is 35.0. The minimum Gasteiger partial charge on any atom is -0.379 e. The lowest BCUT2D eigenvalue weighted by atomic mass is 9.74. The van der Waals surface area contributed by atoms with Crippen LogP contribution in [0.5, 0.6) is 0 Å². The predicted molar refractivity (Wildman–Crippen MR) is 67.3 cm³/mol. The fraction of sp³-hybridized carbons (Fsp3) is 1.00. The lowest BCUT2D eigenvalue weighted by molar-refractivity contribution is 0.0546. The van der Waals surface area contributed by atoms with Crippen LogP contribution in [0, 0.1) is 11.3 Å². The van der Waals surface area contributed by atoms with Crippen LogP contribution in [-0.4, -0.2) is 44.3 Å². The van der Waals surface area contributed by atoms with E-state index in [1.54, 1.807) is 4.31 Å². The van der Waals surface area contributed by atoms with E-state index in [9.17, 15) is 8.42 Å². The van der Waals surface area contributed by atoms with Crippen molar-refractivity contribution < 1.29 is 13.2 Å². The van der Waals surface area contributed by atoms with E-state index in [1.807, 2.05) is 0 Å². The van der Waals surface area contributed by atoms with Crippen LogP contribution in [-0.2, 0) is 14.8 Å². The van der Waals surface area contributed by atoms with Crippen LogP contribution in [0.25, 0.3) is 0 Å². The molecular formula is C12H23NO3S. The van der Waals surface area contributed by atoms with Gasteiger partial charge in [0.1, 0.15) is 0 Å². The monoisotopic (exact) mass is 261 g/mol. The second-order valence-corrected chi connectivity index (χ2v) is 8.28. The van der Waals surface area contributed by atoms with Gasteiger partial charge in [0.05, 0.1) is 19.0 Å². The Bertz CT molecular complexity index is 372. The molecule has 0 aliphatic carbocycles. The summed E-state index contributed by atoms with van der Waals surface area (Å²) < 4.78 is 31.2. The molecule has 0 aromatic carbocycles. The maximum atomic E-state index is 12.0. The van der Waals surface area contributed by atoms with E-state index in [0.29, 0.717) is 25.7 Å². The second-order valence-electron chi connectivity index (χ2n) is 6.24. The van der Waals surface area contributed by atoms with E-state index < -0.39 is 10.0 Å². The van der Waals surface area contributed by atoms with E-state index in [-0.39, 0.29) is 17.2 Å². The van der Waals surface area contributed by atoms with Crippen LogP contribution >= 0.6 is 0 Å². The smallest absolute Gasteiger partial charge is 0.216 e. The number of hydrogen-bond donors (Lipinski definition) is 0.